The van der Waals surface area contributed by atoms with Gasteiger partial charge in [0.05, 0.1) is 14.2 Å². The molecule has 2 aromatic rings. The Balaban J connectivity index is 2.53. The average molecular weight is 247 g/mol. The molecule has 0 spiro atoms. The van der Waals surface area contributed by atoms with Crippen molar-refractivity contribution in [1.82, 2.24) is 5.16 Å². The molecule has 0 fully saturated rings. The molecular formula is C13H13NO4. The van der Waals surface area contributed by atoms with Gasteiger partial charge in [-0.25, -0.2) is 4.79 Å². The Morgan fingerprint density at radius 2 is 2.11 bits per heavy atom. The van der Waals surface area contributed by atoms with E-state index < -0.39 is 5.97 Å². The molecule has 0 aliphatic carbocycles. The molecule has 0 aliphatic rings. The molecular weight excluding hydrogens is 234 g/mol. The van der Waals surface area contributed by atoms with Crippen molar-refractivity contribution in [3.05, 3.63) is 35.6 Å². The molecule has 94 valence electrons. The van der Waals surface area contributed by atoms with Crippen LogP contribution in [0.4, 0.5) is 0 Å². The van der Waals surface area contributed by atoms with Crippen molar-refractivity contribution in [2.24, 2.45) is 0 Å². The van der Waals surface area contributed by atoms with Crippen LogP contribution in [0.1, 0.15) is 16.1 Å². The fraction of sp³-hybridized carbons (Fsp3) is 0.231. The first kappa shape index (κ1) is 12.2. The van der Waals surface area contributed by atoms with E-state index in [0.717, 1.165) is 5.56 Å². The Bertz CT molecular complexity index is 574. The largest absolute Gasteiger partial charge is 0.497 e. The van der Waals surface area contributed by atoms with E-state index in [1.807, 2.05) is 18.2 Å². The minimum Gasteiger partial charge on any atom is -0.497 e. The molecule has 0 amide bonds. The Morgan fingerprint density at radius 1 is 1.33 bits per heavy atom. The summed E-state index contributed by atoms with van der Waals surface area (Å²) < 4.78 is 14.9. The lowest BCUT2D eigenvalue weighted by molar-refractivity contribution is 0.0599. The van der Waals surface area contributed by atoms with Gasteiger partial charge in [0.1, 0.15) is 22.8 Å². The Kier molecular flexibility index (Phi) is 3.32. The van der Waals surface area contributed by atoms with Crippen molar-refractivity contribution in [3.8, 4) is 17.0 Å². The molecule has 0 N–H and O–H groups in total. The highest BCUT2D eigenvalue weighted by Crippen LogP contribution is 2.28. The maximum Gasteiger partial charge on any atom is 0.343 e. The third-order valence-electron chi connectivity index (χ3n) is 2.60. The van der Waals surface area contributed by atoms with Crippen molar-refractivity contribution < 1.29 is 18.8 Å². The maximum atomic E-state index is 11.7. The average Bonchev–Trinajstić information content (AvgIpc) is 2.80. The topological polar surface area (TPSA) is 61.6 Å². The van der Waals surface area contributed by atoms with E-state index in [0.29, 0.717) is 22.8 Å². The van der Waals surface area contributed by atoms with E-state index >= 15 is 0 Å². The molecule has 0 unspecified atom stereocenters. The van der Waals surface area contributed by atoms with Crippen LogP contribution >= 0.6 is 0 Å². The molecule has 18 heavy (non-hydrogen) atoms. The van der Waals surface area contributed by atoms with Crippen molar-refractivity contribution in [2.45, 2.75) is 6.92 Å². The number of ether oxygens (including phenoxy) is 2. The van der Waals surface area contributed by atoms with E-state index in [2.05, 4.69) is 5.16 Å². The van der Waals surface area contributed by atoms with Crippen molar-refractivity contribution in [2.75, 3.05) is 14.2 Å². The molecule has 2 rings (SSSR count). The highest BCUT2D eigenvalue weighted by Gasteiger charge is 2.22. The highest BCUT2D eigenvalue weighted by atomic mass is 16.5. The molecule has 0 aliphatic heterocycles. The summed E-state index contributed by atoms with van der Waals surface area (Å²) in [5.74, 6) is 0.648. The maximum absolute atomic E-state index is 11.7. The van der Waals surface area contributed by atoms with Gasteiger partial charge in [-0.2, -0.15) is 0 Å². The van der Waals surface area contributed by atoms with E-state index in [1.54, 1.807) is 20.1 Å². The summed E-state index contributed by atoms with van der Waals surface area (Å²) in [5, 5.41) is 3.90. The van der Waals surface area contributed by atoms with Crippen LogP contribution in [0.15, 0.2) is 28.8 Å². The zero-order chi connectivity index (χ0) is 13.1. The van der Waals surface area contributed by atoms with E-state index in [9.17, 15) is 4.79 Å². The number of aromatic nitrogens is 1. The number of aryl methyl sites for hydroxylation is 1. The molecule has 1 heterocycles. The van der Waals surface area contributed by atoms with Crippen molar-refractivity contribution >= 4 is 5.97 Å². The SMILES string of the molecule is COC(=O)c1c(-c2cccc(OC)c2)noc1C. The molecule has 0 radical (unpaired) electrons. The fourth-order valence-electron chi connectivity index (χ4n) is 1.68. The summed E-state index contributed by atoms with van der Waals surface area (Å²) in [6.45, 7) is 1.67. The summed E-state index contributed by atoms with van der Waals surface area (Å²) in [7, 11) is 2.90. The third-order valence-corrected chi connectivity index (χ3v) is 2.60. The number of hydrogen-bond donors (Lipinski definition) is 0. The lowest BCUT2D eigenvalue weighted by Crippen LogP contribution is -2.03. The summed E-state index contributed by atoms with van der Waals surface area (Å²) in [4.78, 5) is 11.7. The van der Waals surface area contributed by atoms with Gasteiger partial charge in [-0.1, -0.05) is 17.3 Å². The van der Waals surface area contributed by atoms with E-state index in [1.165, 1.54) is 7.11 Å². The Morgan fingerprint density at radius 3 is 2.78 bits per heavy atom. The van der Waals surface area contributed by atoms with Crippen LogP contribution in [0.2, 0.25) is 0 Å². The Labute approximate surface area is 104 Å². The first-order chi connectivity index (χ1) is 8.67. The van der Waals surface area contributed by atoms with Gasteiger partial charge in [-0.05, 0) is 19.1 Å². The molecule has 0 bridgehead atoms. The molecule has 0 atom stereocenters. The van der Waals surface area contributed by atoms with E-state index in [-0.39, 0.29) is 0 Å². The second-order valence-corrected chi connectivity index (χ2v) is 3.69. The van der Waals surface area contributed by atoms with Crippen LogP contribution in [0.25, 0.3) is 11.3 Å². The summed E-state index contributed by atoms with van der Waals surface area (Å²) in [6, 6.07) is 7.24. The number of carbonyl (C=O) groups excluding carboxylic acids is 1. The van der Waals surface area contributed by atoms with Gasteiger partial charge in [0.2, 0.25) is 0 Å². The van der Waals surface area contributed by atoms with E-state index in [4.69, 9.17) is 14.0 Å². The van der Waals surface area contributed by atoms with Gasteiger partial charge in [-0.3, -0.25) is 0 Å². The van der Waals surface area contributed by atoms with Crippen LogP contribution in [0, 0.1) is 6.92 Å². The van der Waals surface area contributed by atoms with Gasteiger partial charge in [0.15, 0.2) is 0 Å². The van der Waals surface area contributed by atoms with Gasteiger partial charge in [-0.15, -0.1) is 0 Å². The molecule has 1 aromatic heterocycles. The summed E-state index contributed by atoms with van der Waals surface area (Å²) in [5.41, 5.74) is 1.54. The molecule has 5 heteroatoms. The number of hydrogen-bond acceptors (Lipinski definition) is 5. The van der Waals surface area contributed by atoms with Gasteiger partial charge in [0, 0.05) is 5.56 Å². The highest BCUT2D eigenvalue weighted by molar-refractivity contribution is 5.97. The first-order valence-corrected chi connectivity index (χ1v) is 5.36. The minimum atomic E-state index is -0.466. The Hall–Kier alpha value is -2.30. The first-order valence-electron chi connectivity index (χ1n) is 5.36. The van der Waals surface area contributed by atoms with Gasteiger partial charge < -0.3 is 14.0 Å². The number of nitrogens with zero attached hydrogens (tertiary/aromatic N) is 1. The monoisotopic (exact) mass is 247 g/mol. The molecule has 0 saturated heterocycles. The normalized spacial score (nSPS) is 10.2. The second kappa shape index (κ2) is 4.91. The smallest absolute Gasteiger partial charge is 0.343 e. The van der Waals surface area contributed by atoms with Gasteiger partial charge in [0.25, 0.3) is 0 Å². The minimum absolute atomic E-state index is 0.339. The van der Waals surface area contributed by atoms with Crippen LogP contribution in [-0.4, -0.2) is 25.3 Å². The summed E-state index contributed by atoms with van der Waals surface area (Å²) in [6.07, 6.45) is 0. The second-order valence-electron chi connectivity index (χ2n) is 3.69. The predicted molar refractivity (Wildman–Crippen MR) is 64.6 cm³/mol. The van der Waals surface area contributed by atoms with Crippen LogP contribution in [0.5, 0.6) is 5.75 Å². The van der Waals surface area contributed by atoms with Crippen molar-refractivity contribution in [3.63, 3.8) is 0 Å². The number of carbonyl (C=O) groups is 1. The lowest BCUT2D eigenvalue weighted by atomic mass is 10.1. The molecule has 5 nitrogen and oxygen atoms in total. The van der Waals surface area contributed by atoms with Crippen molar-refractivity contribution in [1.29, 1.82) is 0 Å². The summed E-state index contributed by atoms with van der Waals surface area (Å²) >= 11 is 0. The predicted octanol–water partition coefficient (Wildman–Crippen LogP) is 2.45. The number of benzene rings is 1. The number of esters is 1. The molecule has 1 aromatic carbocycles. The van der Waals surface area contributed by atoms with Crippen LogP contribution in [-0.2, 0) is 4.74 Å². The zero-order valence-electron chi connectivity index (χ0n) is 10.4. The quantitative estimate of drug-likeness (QED) is 0.779. The fourth-order valence-corrected chi connectivity index (χ4v) is 1.68. The van der Waals surface area contributed by atoms with Gasteiger partial charge >= 0.3 is 5.97 Å². The van der Waals surface area contributed by atoms with Crippen LogP contribution < -0.4 is 4.74 Å². The zero-order valence-corrected chi connectivity index (χ0v) is 10.4. The third kappa shape index (κ3) is 2.07. The number of methoxy groups -OCH3 is 2. The standard InChI is InChI=1S/C13H13NO4/c1-8-11(13(15)17-3)12(14-18-8)9-5-4-6-10(7-9)16-2/h4-7H,1-3H3. The number of rotatable bonds is 3. The lowest BCUT2D eigenvalue weighted by Gasteiger charge is -2.03. The molecule has 0 saturated carbocycles. The van der Waals surface area contributed by atoms with Crippen LogP contribution in [0.3, 0.4) is 0 Å².